The zero-order valence-corrected chi connectivity index (χ0v) is 28.3. The molecule has 2 rings (SSSR count). The number of amides is 2. The molecule has 2 aromatic carbocycles. The molecule has 282 valence electrons. The van der Waals surface area contributed by atoms with Crippen LogP contribution in [0.2, 0.25) is 0 Å². The van der Waals surface area contributed by atoms with E-state index in [9.17, 15) is 49.8 Å². The average Bonchev–Trinajstić information content (AvgIpc) is 3.06. The number of phenols is 1. The molecule has 6 nitrogen and oxygen atoms in total. The number of hydrogen-bond donors (Lipinski definition) is 3. The van der Waals surface area contributed by atoms with Crippen LogP contribution in [0.5, 0.6) is 11.5 Å². The molecule has 0 aliphatic carbocycles. The lowest BCUT2D eigenvalue weighted by atomic mass is 10.0. The number of halogens is 8. The summed E-state index contributed by atoms with van der Waals surface area (Å²) in [5, 5.41) is 13.5. The van der Waals surface area contributed by atoms with E-state index in [1.54, 1.807) is 0 Å². The lowest BCUT2D eigenvalue weighted by Gasteiger charge is -2.31. The van der Waals surface area contributed by atoms with Crippen LogP contribution in [0.3, 0.4) is 0 Å². The summed E-state index contributed by atoms with van der Waals surface area (Å²) >= 11 is 0. The molecular weight excluding hydrogens is 676 g/mol. The van der Waals surface area contributed by atoms with Gasteiger partial charge in [-0.3, -0.25) is 9.59 Å². The van der Waals surface area contributed by atoms with E-state index in [0.29, 0.717) is 12.2 Å². The largest absolute Gasteiger partial charge is 0.506 e. The quantitative estimate of drug-likeness (QED) is 0.0540. The molecule has 2 amide bonds. The number of aryl methyl sites for hydroxylation is 1. The average molecular weight is 725 g/mol. The molecule has 0 fully saturated rings. The Balaban J connectivity index is 1.68. The van der Waals surface area contributed by atoms with Crippen LogP contribution in [0.25, 0.3) is 0 Å². The van der Waals surface area contributed by atoms with E-state index in [-0.39, 0.29) is 18.7 Å². The van der Waals surface area contributed by atoms with Crippen molar-refractivity contribution in [3.63, 3.8) is 0 Å². The Bertz CT molecular complexity index is 1330. The summed E-state index contributed by atoms with van der Waals surface area (Å²) < 4.78 is 111. The fraction of sp³-hybridized carbons (Fsp3) is 0.611. The Morgan fingerprint density at radius 2 is 1.34 bits per heavy atom. The van der Waals surface area contributed by atoms with Gasteiger partial charge in [0.25, 0.3) is 0 Å². The maximum atomic E-state index is 13.8. The van der Waals surface area contributed by atoms with Gasteiger partial charge in [0, 0.05) is 18.2 Å². The molecule has 0 heterocycles. The summed E-state index contributed by atoms with van der Waals surface area (Å²) in [7, 11) is 0. The van der Waals surface area contributed by atoms with E-state index in [1.165, 1.54) is 77.0 Å². The number of nitrogens with one attached hydrogen (secondary N) is 2. The third kappa shape index (κ3) is 13.3. The number of anilines is 2. The number of ether oxygens (including phenoxy) is 1. The minimum absolute atomic E-state index is 0.0163. The van der Waals surface area contributed by atoms with Crippen molar-refractivity contribution >= 4 is 23.2 Å². The lowest BCUT2D eigenvalue weighted by molar-refractivity contribution is -0.326. The van der Waals surface area contributed by atoms with E-state index in [2.05, 4.69) is 12.2 Å². The highest BCUT2D eigenvalue weighted by molar-refractivity contribution is 5.99. The molecule has 2 aromatic rings. The Hall–Kier alpha value is -3.58. The maximum absolute atomic E-state index is 13.8. The van der Waals surface area contributed by atoms with Crippen LogP contribution in [0.15, 0.2) is 42.5 Å². The number of alkyl halides is 8. The summed E-state index contributed by atoms with van der Waals surface area (Å²) in [6.45, 7) is 2.45. The molecule has 0 aromatic heterocycles. The third-order valence-electron chi connectivity index (χ3n) is 8.19. The van der Waals surface area contributed by atoms with Crippen molar-refractivity contribution in [3.05, 3.63) is 48.0 Å². The molecule has 50 heavy (non-hydrogen) atoms. The second-order valence-electron chi connectivity index (χ2n) is 12.4. The van der Waals surface area contributed by atoms with Crippen LogP contribution in [-0.2, 0) is 16.0 Å². The van der Waals surface area contributed by atoms with Crippen molar-refractivity contribution in [1.29, 1.82) is 0 Å². The van der Waals surface area contributed by atoms with E-state index < -0.39 is 47.4 Å². The number of rotatable bonds is 25. The summed E-state index contributed by atoms with van der Waals surface area (Å²) in [6, 6.07) is 10.2. The van der Waals surface area contributed by atoms with Crippen LogP contribution in [-0.4, -0.2) is 47.7 Å². The molecule has 0 aliphatic rings. The van der Waals surface area contributed by atoms with Crippen molar-refractivity contribution < 1.29 is 54.6 Å². The van der Waals surface area contributed by atoms with Crippen LogP contribution >= 0.6 is 0 Å². The number of unbranched alkanes of at least 4 members (excludes halogenated alkanes) is 12. The van der Waals surface area contributed by atoms with Gasteiger partial charge >= 0.3 is 30.1 Å². The number of phenolic OH excluding ortho intramolecular Hbond substituents is 1. The van der Waals surface area contributed by atoms with Gasteiger partial charge in [-0.05, 0) is 49.1 Å². The van der Waals surface area contributed by atoms with E-state index in [0.717, 1.165) is 41.9 Å². The molecule has 14 heteroatoms. The molecule has 0 saturated heterocycles. The van der Waals surface area contributed by atoms with E-state index in [1.807, 2.05) is 24.3 Å². The molecular formula is C36H48F8N2O4. The standard InChI is InChI=1S/C36H48F8N2O4/c1-2-3-4-5-6-7-8-9-10-11-12-13-14-17-26-18-15-19-28(24-26)50-23-16-20-31(48)45-27-21-22-29(30(47)25-27)46-33(49)35(41,42)36(43,44)34(39,40)32(37)38/h15,18-19,21-22,24-25,32,47H,2-14,16-17,20,23H2,1H3,(H,45,48)(H,46,49). The number of aromatic hydroxyl groups is 1. The van der Waals surface area contributed by atoms with Gasteiger partial charge in [-0.2, -0.15) is 26.3 Å². The second kappa shape index (κ2) is 20.9. The van der Waals surface area contributed by atoms with E-state index >= 15 is 0 Å². The van der Waals surface area contributed by atoms with Gasteiger partial charge in [0.05, 0.1) is 12.3 Å². The first-order valence-corrected chi connectivity index (χ1v) is 17.2. The van der Waals surface area contributed by atoms with Crippen molar-refractivity contribution in [2.45, 2.75) is 134 Å². The molecule has 0 unspecified atom stereocenters. The summed E-state index contributed by atoms with van der Waals surface area (Å²) in [5.74, 6) is -23.5. The predicted molar refractivity (Wildman–Crippen MR) is 177 cm³/mol. The summed E-state index contributed by atoms with van der Waals surface area (Å²) in [4.78, 5) is 24.0. The van der Waals surface area contributed by atoms with Crippen LogP contribution in [0.1, 0.15) is 109 Å². The molecule has 0 saturated carbocycles. The highest BCUT2D eigenvalue weighted by Gasteiger charge is 2.78. The van der Waals surface area contributed by atoms with Crippen molar-refractivity contribution in [2.75, 3.05) is 17.2 Å². The number of carbonyl (C=O) groups is 2. The number of benzene rings is 2. The first kappa shape index (κ1) is 42.6. The Morgan fingerprint density at radius 3 is 1.90 bits per heavy atom. The minimum Gasteiger partial charge on any atom is -0.506 e. The van der Waals surface area contributed by atoms with Gasteiger partial charge in [-0.25, -0.2) is 8.78 Å². The smallest absolute Gasteiger partial charge is 0.393 e. The SMILES string of the molecule is CCCCCCCCCCCCCCCc1cccc(OCCCC(=O)Nc2ccc(NC(=O)C(F)(F)C(F)(F)C(F)(F)C(F)F)c(O)c2)c1. The topological polar surface area (TPSA) is 87.7 Å². The molecule has 0 radical (unpaired) electrons. The van der Waals surface area contributed by atoms with Gasteiger partial charge in [0.1, 0.15) is 11.5 Å². The Labute approximate surface area is 288 Å². The molecule has 0 spiro atoms. The predicted octanol–water partition coefficient (Wildman–Crippen LogP) is 10.9. The van der Waals surface area contributed by atoms with Gasteiger partial charge in [0.2, 0.25) is 5.91 Å². The fourth-order valence-corrected chi connectivity index (χ4v) is 5.19. The minimum atomic E-state index is -6.75. The zero-order valence-electron chi connectivity index (χ0n) is 28.3. The normalized spacial score (nSPS) is 12.3. The molecule has 0 bridgehead atoms. The van der Waals surface area contributed by atoms with Crippen molar-refractivity contribution in [3.8, 4) is 11.5 Å². The van der Waals surface area contributed by atoms with Gasteiger partial charge in [-0.15, -0.1) is 0 Å². The van der Waals surface area contributed by atoms with Gasteiger partial charge < -0.3 is 20.5 Å². The van der Waals surface area contributed by atoms with Crippen molar-refractivity contribution in [2.24, 2.45) is 0 Å². The molecule has 0 atom stereocenters. The first-order valence-electron chi connectivity index (χ1n) is 17.2. The van der Waals surface area contributed by atoms with Crippen LogP contribution < -0.4 is 15.4 Å². The van der Waals surface area contributed by atoms with Gasteiger partial charge in [-0.1, -0.05) is 96.1 Å². The van der Waals surface area contributed by atoms with E-state index in [4.69, 9.17) is 4.74 Å². The van der Waals surface area contributed by atoms with Crippen LogP contribution in [0, 0.1) is 0 Å². The summed E-state index contributed by atoms with van der Waals surface area (Å²) in [5.41, 5.74) is 0.161. The molecule has 3 N–H and O–H groups in total. The monoisotopic (exact) mass is 724 g/mol. The number of hydrogen-bond acceptors (Lipinski definition) is 4. The summed E-state index contributed by atoms with van der Waals surface area (Å²) in [6.07, 6.45) is 12.8. The van der Waals surface area contributed by atoms with Crippen molar-refractivity contribution in [1.82, 2.24) is 0 Å². The highest BCUT2D eigenvalue weighted by atomic mass is 19.4. The Kier molecular flexibility index (Phi) is 17.8. The second-order valence-corrected chi connectivity index (χ2v) is 12.4. The molecule has 0 aliphatic heterocycles. The third-order valence-corrected chi connectivity index (χ3v) is 8.19. The fourth-order valence-electron chi connectivity index (χ4n) is 5.19. The Morgan fingerprint density at radius 1 is 0.760 bits per heavy atom. The highest BCUT2D eigenvalue weighted by Crippen LogP contribution is 2.49. The van der Waals surface area contributed by atoms with Crippen LogP contribution in [0.4, 0.5) is 46.5 Å². The number of carbonyl (C=O) groups excluding carboxylic acids is 2. The first-order chi connectivity index (χ1) is 23.6. The maximum Gasteiger partial charge on any atom is 0.393 e. The zero-order chi connectivity index (χ0) is 37.2. The van der Waals surface area contributed by atoms with Gasteiger partial charge in [0.15, 0.2) is 0 Å². The lowest BCUT2D eigenvalue weighted by Crippen LogP contribution is -2.61.